The zero-order chi connectivity index (χ0) is 26.7. The Morgan fingerprint density at radius 1 is 0.921 bits per heavy atom. The van der Waals surface area contributed by atoms with E-state index in [-0.39, 0.29) is 29.8 Å². The number of esters is 1. The van der Waals surface area contributed by atoms with Gasteiger partial charge in [-0.05, 0) is 67.0 Å². The van der Waals surface area contributed by atoms with Crippen LogP contribution in [0.4, 0.5) is 0 Å². The minimum Gasteiger partial charge on any atom is -0.456 e. The average Bonchev–Trinajstić information content (AvgIpc) is 2.92. The molecule has 5 rings (SSSR count). The van der Waals surface area contributed by atoms with Crippen LogP contribution < -0.4 is 5.32 Å². The molecule has 3 aromatic carbocycles. The summed E-state index contributed by atoms with van der Waals surface area (Å²) in [5.74, 6) is -0.983. The number of benzene rings is 3. The van der Waals surface area contributed by atoms with Gasteiger partial charge in [0.2, 0.25) is 10.0 Å². The molecule has 0 spiro atoms. The van der Waals surface area contributed by atoms with Crippen LogP contribution in [0.15, 0.2) is 77.7 Å². The highest BCUT2D eigenvalue weighted by Crippen LogP contribution is 2.36. The van der Waals surface area contributed by atoms with E-state index in [4.69, 9.17) is 4.74 Å². The van der Waals surface area contributed by atoms with Crippen molar-refractivity contribution in [3.05, 3.63) is 101 Å². The third-order valence-corrected chi connectivity index (χ3v) is 9.34. The molecule has 2 atom stereocenters. The summed E-state index contributed by atoms with van der Waals surface area (Å²) in [4.78, 5) is 25.8. The van der Waals surface area contributed by atoms with Crippen molar-refractivity contribution in [2.24, 2.45) is 0 Å². The highest BCUT2D eigenvalue weighted by molar-refractivity contribution is 7.89. The molecule has 1 aliphatic heterocycles. The molecule has 0 saturated heterocycles. The number of ether oxygens (including phenoxy) is 1. The predicted molar refractivity (Wildman–Crippen MR) is 144 cm³/mol. The Kier molecular flexibility index (Phi) is 7.63. The van der Waals surface area contributed by atoms with Gasteiger partial charge in [0.25, 0.3) is 5.91 Å². The van der Waals surface area contributed by atoms with Gasteiger partial charge in [0, 0.05) is 6.54 Å². The first-order valence-electron chi connectivity index (χ1n) is 13.0. The monoisotopic (exact) mass is 532 g/mol. The van der Waals surface area contributed by atoms with Gasteiger partial charge in [0.1, 0.15) is 0 Å². The van der Waals surface area contributed by atoms with Crippen molar-refractivity contribution in [2.45, 2.75) is 56.0 Å². The van der Waals surface area contributed by atoms with Gasteiger partial charge in [-0.3, -0.25) is 9.59 Å². The maximum absolute atomic E-state index is 13.6. The Morgan fingerprint density at radius 2 is 1.58 bits per heavy atom. The lowest BCUT2D eigenvalue weighted by Gasteiger charge is -2.36. The van der Waals surface area contributed by atoms with E-state index in [9.17, 15) is 18.0 Å². The fraction of sp³-hybridized carbons (Fsp3) is 0.333. The van der Waals surface area contributed by atoms with Gasteiger partial charge in [-0.25, -0.2) is 8.42 Å². The van der Waals surface area contributed by atoms with Crippen LogP contribution in [0.25, 0.3) is 0 Å². The molecule has 0 radical (unpaired) electrons. The van der Waals surface area contributed by atoms with Crippen molar-refractivity contribution < 1.29 is 22.7 Å². The number of carbonyl (C=O) groups is 2. The Hall–Kier alpha value is -3.49. The number of amides is 1. The van der Waals surface area contributed by atoms with Crippen molar-refractivity contribution in [3.8, 4) is 0 Å². The molecular formula is C30H32N2O5S. The first-order chi connectivity index (χ1) is 18.3. The number of nitrogens with one attached hydrogen (secondary N) is 1. The molecule has 0 fully saturated rings. The SMILES string of the molecule is Cc1ccc(S(=O)(=O)N2CCc3ccccc3C2CC(=O)OCC(=O)NC2CCCc3ccccc32)cc1. The number of carbonyl (C=O) groups excluding carboxylic acids is 2. The first-order valence-corrected chi connectivity index (χ1v) is 14.5. The Morgan fingerprint density at radius 3 is 2.32 bits per heavy atom. The summed E-state index contributed by atoms with van der Waals surface area (Å²) in [5, 5.41) is 2.99. The van der Waals surface area contributed by atoms with Crippen LogP contribution in [0.3, 0.4) is 0 Å². The zero-order valence-electron chi connectivity index (χ0n) is 21.4. The molecule has 2 unspecified atom stereocenters. The smallest absolute Gasteiger partial charge is 0.308 e. The number of hydrogen-bond donors (Lipinski definition) is 1. The fourth-order valence-corrected chi connectivity index (χ4v) is 7.08. The van der Waals surface area contributed by atoms with Crippen molar-refractivity contribution in [1.82, 2.24) is 9.62 Å². The normalized spacial score (nSPS) is 19.2. The quantitative estimate of drug-likeness (QED) is 0.455. The summed E-state index contributed by atoms with van der Waals surface area (Å²) in [6.45, 7) is 1.75. The highest BCUT2D eigenvalue weighted by Gasteiger charge is 2.38. The van der Waals surface area contributed by atoms with Gasteiger partial charge in [-0.2, -0.15) is 4.31 Å². The first kappa shape index (κ1) is 26.1. The maximum Gasteiger partial charge on any atom is 0.308 e. The second-order valence-corrected chi connectivity index (χ2v) is 11.9. The molecule has 0 bridgehead atoms. The summed E-state index contributed by atoms with van der Waals surface area (Å²) in [6, 6.07) is 21.5. The second kappa shape index (κ2) is 11.1. The van der Waals surface area contributed by atoms with E-state index in [0.29, 0.717) is 6.42 Å². The highest BCUT2D eigenvalue weighted by atomic mass is 32.2. The molecule has 38 heavy (non-hydrogen) atoms. The molecular weight excluding hydrogens is 500 g/mol. The van der Waals surface area contributed by atoms with Gasteiger partial charge in [-0.15, -0.1) is 0 Å². The molecule has 7 nitrogen and oxygen atoms in total. The van der Waals surface area contributed by atoms with Crippen LogP contribution in [0.1, 0.15) is 59.2 Å². The van der Waals surface area contributed by atoms with Crippen LogP contribution in [0.2, 0.25) is 0 Å². The molecule has 1 aliphatic carbocycles. The Labute approximate surface area is 223 Å². The molecule has 1 N–H and O–H groups in total. The van der Waals surface area contributed by atoms with Crippen molar-refractivity contribution >= 4 is 21.9 Å². The van der Waals surface area contributed by atoms with Crippen LogP contribution in [-0.2, 0) is 37.2 Å². The van der Waals surface area contributed by atoms with E-state index >= 15 is 0 Å². The second-order valence-electron chi connectivity index (χ2n) is 9.97. The molecule has 0 saturated carbocycles. The minimum atomic E-state index is -3.85. The van der Waals surface area contributed by atoms with Crippen LogP contribution in [0, 0.1) is 6.92 Å². The molecule has 2 aliphatic rings. The molecule has 198 valence electrons. The van der Waals surface area contributed by atoms with E-state index < -0.39 is 28.6 Å². The van der Waals surface area contributed by atoms with E-state index in [1.54, 1.807) is 24.3 Å². The van der Waals surface area contributed by atoms with Gasteiger partial charge in [-0.1, -0.05) is 66.2 Å². The zero-order valence-corrected chi connectivity index (χ0v) is 22.2. The maximum atomic E-state index is 13.6. The predicted octanol–water partition coefficient (Wildman–Crippen LogP) is 4.41. The van der Waals surface area contributed by atoms with E-state index in [2.05, 4.69) is 11.4 Å². The lowest BCUT2D eigenvalue weighted by atomic mass is 9.88. The van der Waals surface area contributed by atoms with Crippen molar-refractivity contribution in [3.63, 3.8) is 0 Å². The third-order valence-electron chi connectivity index (χ3n) is 7.42. The van der Waals surface area contributed by atoms with Gasteiger partial charge < -0.3 is 10.1 Å². The largest absolute Gasteiger partial charge is 0.456 e. The number of aryl methyl sites for hydroxylation is 2. The Balaban J connectivity index is 1.28. The average molecular weight is 533 g/mol. The van der Waals surface area contributed by atoms with Gasteiger partial charge in [0.15, 0.2) is 6.61 Å². The summed E-state index contributed by atoms with van der Waals surface area (Å²) < 4.78 is 33.9. The minimum absolute atomic E-state index is 0.105. The molecule has 1 amide bonds. The van der Waals surface area contributed by atoms with Crippen molar-refractivity contribution in [1.29, 1.82) is 0 Å². The van der Waals surface area contributed by atoms with E-state index in [1.807, 2.05) is 49.4 Å². The molecule has 8 heteroatoms. The van der Waals surface area contributed by atoms with E-state index in [1.165, 1.54) is 9.87 Å². The van der Waals surface area contributed by atoms with E-state index in [0.717, 1.165) is 41.5 Å². The van der Waals surface area contributed by atoms with Crippen LogP contribution >= 0.6 is 0 Å². The number of sulfonamides is 1. The fourth-order valence-electron chi connectivity index (χ4n) is 5.48. The standard InChI is InChI=1S/C30H32N2O5S/c1-21-13-15-24(16-14-21)38(35,36)32-18-17-23-8-3-5-11-26(23)28(32)19-30(34)37-20-29(33)31-27-12-6-9-22-7-2-4-10-25(22)27/h2-5,7-8,10-11,13-16,27-28H,6,9,12,17-20H2,1H3,(H,31,33). The van der Waals surface area contributed by atoms with Crippen LogP contribution in [0.5, 0.6) is 0 Å². The molecule has 3 aromatic rings. The topological polar surface area (TPSA) is 92.8 Å². The summed E-state index contributed by atoms with van der Waals surface area (Å²) in [7, 11) is -3.85. The number of fused-ring (bicyclic) bond motifs is 2. The molecule has 0 aromatic heterocycles. The summed E-state index contributed by atoms with van der Waals surface area (Å²) >= 11 is 0. The summed E-state index contributed by atoms with van der Waals surface area (Å²) in [5.41, 5.74) is 5.09. The third kappa shape index (κ3) is 5.51. The number of rotatable bonds is 7. The number of nitrogens with zero attached hydrogens (tertiary/aromatic N) is 1. The van der Waals surface area contributed by atoms with Gasteiger partial charge >= 0.3 is 5.97 Å². The van der Waals surface area contributed by atoms with Crippen LogP contribution in [-0.4, -0.2) is 37.8 Å². The lowest BCUT2D eigenvalue weighted by molar-refractivity contribution is -0.149. The molecule has 1 heterocycles. The van der Waals surface area contributed by atoms with Crippen molar-refractivity contribution in [2.75, 3.05) is 13.2 Å². The van der Waals surface area contributed by atoms with Gasteiger partial charge in [0.05, 0.1) is 23.4 Å². The number of hydrogen-bond acceptors (Lipinski definition) is 5. The lowest BCUT2D eigenvalue weighted by Crippen LogP contribution is -2.41. The Bertz CT molecular complexity index is 1440. The summed E-state index contributed by atoms with van der Waals surface area (Å²) in [6.07, 6.45) is 3.18.